The second kappa shape index (κ2) is 11.5. The molecule has 1 N–H and O–H groups in total. The van der Waals surface area contributed by atoms with E-state index in [1.54, 1.807) is 24.3 Å². The molecule has 2 aromatic carbocycles. The van der Waals surface area contributed by atoms with Gasteiger partial charge in [-0.05, 0) is 69.2 Å². The van der Waals surface area contributed by atoms with Crippen LogP contribution in [0.25, 0.3) is 0 Å². The number of nitrogens with one attached hydrogen (secondary N) is 1. The maximum Gasteiger partial charge on any atom is 0.246 e. The van der Waals surface area contributed by atoms with Crippen molar-refractivity contribution in [2.75, 3.05) is 42.6 Å². The number of sulfonamides is 2. The fraction of sp³-hybridized carbons (Fsp3) is 0.458. The van der Waals surface area contributed by atoms with Crippen LogP contribution < -0.4 is 19.1 Å². The molecule has 0 aliphatic carbocycles. The molecule has 1 amide bonds. The number of methoxy groups -OCH3 is 1. The summed E-state index contributed by atoms with van der Waals surface area (Å²) < 4.78 is 64.6. The molecule has 0 bridgehead atoms. The minimum atomic E-state index is -3.83. The zero-order valence-corrected chi connectivity index (χ0v) is 22.6. The lowest BCUT2D eigenvalue weighted by Gasteiger charge is -2.27. The van der Waals surface area contributed by atoms with Crippen molar-refractivity contribution in [1.29, 1.82) is 0 Å². The van der Waals surface area contributed by atoms with Gasteiger partial charge in [0.2, 0.25) is 26.0 Å². The second-order valence-corrected chi connectivity index (χ2v) is 12.6. The SMILES string of the molecule is COc1ccc(NC(=O)CN(c2ccc(OC(C)C)cc2)S(C)(=O)=O)cc1S(=O)(=O)N1CCCCC1. The third-order valence-electron chi connectivity index (χ3n) is 5.56. The largest absolute Gasteiger partial charge is 0.495 e. The highest BCUT2D eigenvalue weighted by atomic mass is 32.2. The molecule has 0 radical (unpaired) electrons. The molecule has 0 saturated carbocycles. The van der Waals surface area contributed by atoms with E-state index < -0.39 is 32.5 Å². The molecule has 1 heterocycles. The van der Waals surface area contributed by atoms with Crippen LogP contribution in [0.15, 0.2) is 47.4 Å². The summed E-state index contributed by atoms with van der Waals surface area (Å²) in [4.78, 5) is 12.8. The molecule has 1 aliphatic heterocycles. The van der Waals surface area contributed by atoms with E-state index in [-0.39, 0.29) is 22.4 Å². The van der Waals surface area contributed by atoms with Crippen molar-refractivity contribution in [3.63, 3.8) is 0 Å². The summed E-state index contributed by atoms with van der Waals surface area (Å²) in [6, 6.07) is 10.7. The van der Waals surface area contributed by atoms with Crippen LogP contribution in [-0.4, -0.2) is 66.2 Å². The van der Waals surface area contributed by atoms with E-state index in [2.05, 4.69) is 5.32 Å². The number of amides is 1. The summed E-state index contributed by atoms with van der Waals surface area (Å²) in [6.07, 6.45) is 3.51. The first kappa shape index (κ1) is 27.8. The maximum atomic E-state index is 13.2. The van der Waals surface area contributed by atoms with Crippen molar-refractivity contribution < 1.29 is 31.1 Å². The van der Waals surface area contributed by atoms with Crippen molar-refractivity contribution in [3.8, 4) is 11.5 Å². The molecule has 1 aliphatic rings. The minimum Gasteiger partial charge on any atom is -0.495 e. The van der Waals surface area contributed by atoms with Gasteiger partial charge in [-0.3, -0.25) is 9.10 Å². The summed E-state index contributed by atoms with van der Waals surface area (Å²) >= 11 is 0. The van der Waals surface area contributed by atoms with Crippen LogP contribution in [0.3, 0.4) is 0 Å². The van der Waals surface area contributed by atoms with Gasteiger partial charge in [-0.15, -0.1) is 0 Å². The molecule has 36 heavy (non-hydrogen) atoms. The van der Waals surface area contributed by atoms with Crippen LogP contribution >= 0.6 is 0 Å². The van der Waals surface area contributed by atoms with E-state index in [1.165, 1.54) is 29.6 Å². The average molecular weight is 540 g/mol. The number of benzene rings is 2. The first-order valence-corrected chi connectivity index (χ1v) is 14.9. The van der Waals surface area contributed by atoms with Crippen LogP contribution in [0.4, 0.5) is 11.4 Å². The quantitative estimate of drug-likeness (QED) is 0.492. The lowest BCUT2D eigenvalue weighted by atomic mass is 10.2. The maximum absolute atomic E-state index is 13.2. The number of rotatable bonds is 10. The summed E-state index contributed by atoms with van der Waals surface area (Å²) in [5.74, 6) is 0.113. The van der Waals surface area contributed by atoms with Crippen LogP contribution in [-0.2, 0) is 24.8 Å². The lowest BCUT2D eigenvalue weighted by Crippen LogP contribution is -2.37. The van der Waals surface area contributed by atoms with Crippen molar-refractivity contribution in [3.05, 3.63) is 42.5 Å². The van der Waals surface area contributed by atoms with Crippen molar-refractivity contribution >= 4 is 37.3 Å². The Morgan fingerprint density at radius 1 is 1.03 bits per heavy atom. The van der Waals surface area contributed by atoms with Crippen LogP contribution in [0, 0.1) is 0 Å². The van der Waals surface area contributed by atoms with E-state index in [0.29, 0.717) is 24.5 Å². The van der Waals surface area contributed by atoms with Gasteiger partial charge >= 0.3 is 0 Å². The minimum absolute atomic E-state index is 0.0410. The fourth-order valence-corrected chi connectivity index (χ4v) is 6.45. The van der Waals surface area contributed by atoms with E-state index in [9.17, 15) is 21.6 Å². The van der Waals surface area contributed by atoms with Gasteiger partial charge in [0.15, 0.2) is 0 Å². The van der Waals surface area contributed by atoms with Gasteiger partial charge in [-0.2, -0.15) is 4.31 Å². The summed E-state index contributed by atoms with van der Waals surface area (Å²) in [5.41, 5.74) is 0.511. The van der Waals surface area contributed by atoms with Crippen LogP contribution in [0.2, 0.25) is 0 Å². The molecule has 1 saturated heterocycles. The van der Waals surface area contributed by atoms with E-state index >= 15 is 0 Å². The third-order valence-corrected chi connectivity index (χ3v) is 8.62. The number of hydrogen-bond donors (Lipinski definition) is 1. The van der Waals surface area contributed by atoms with Gasteiger partial charge in [-0.25, -0.2) is 16.8 Å². The highest BCUT2D eigenvalue weighted by Gasteiger charge is 2.29. The van der Waals surface area contributed by atoms with Gasteiger partial charge in [0.25, 0.3) is 0 Å². The number of carbonyl (C=O) groups is 1. The topological polar surface area (TPSA) is 122 Å². The Bertz CT molecular complexity index is 1270. The zero-order chi connectivity index (χ0) is 26.5. The molecule has 2 aromatic rings. The molecule has 0 unspecified atom stereocenters. The Morgan fingerprint density at radius 3 is 2.22 bits per heavy atom. The first-order valence-electron chi connectivity index (χ1n) is 11.6. The van der Waals surface area contributed by atoms with E-state index in [0.717, 1.165) is 29.8 Å². The van der Waals surface area contributed by atoms with Crippen LogP contribution in [0.1, 0.15) is 33.1 Å². The molecule has 198 valence electrons. The first-order chi connectivity index (χ1) is 16.9. The Balaban J connectivity index is 1.81. The van der Waals surface area contributed by atoms with Gasteiger partial charge in [0.1, 0.15) is 22.9 Å². The predicted octanol–water partition coefficient (Wildman–Crippen LogP) is 3.06. The molecule has 3 rings (SSSR count). The lowest BCUT2D eigenvalue weighted by molar-refractivity contribution is -0.114. The highest BCUT2D eigenvalue weighted by molar-refractivity contribution is 7.92. The number of hydrogen-bond acceptors (Lipinski definition) is 7. The number of ether oxygens (including phenoxy) is 2. The Hall–Kier alpha value is -2.83. The molecule has 0 spiro atoms. The average Bonchev–Trinajstić information content (AvgIpc) is 2.82. The van der Waals surface area contributed by atoms with Crippen molar-refractivity contribution in [1.82, 2.24) is 4.31 Å². The normalized spacial score (nSPS) is 14.9. The monoisotopic (exact) mass is 539 g/mol. The van der Waals surface area contributed by atoms with Crippen LogP contribution in [0.5, 0.6) is 11.5 Å². The Labute approximate surface area is 213 Å². The summed E-state index contributed by atoms with van der Waals surface area (Å²) in [7, 11) is -6.24. The van der Waals surface area contributed by atoms with Gasteiger partial charge in [0, 0.05) is 18.8 Å². The number of piperidine rings is 1. The Morgan fingerprint density at radius 2 is 1.67 bits per heavy atom. The molecule has 0 aromatic heterocycles. The molecular formula is C24H33N3O7S2. The number of carbonyl (C=O) groups excluding carboxylic acids is 1. The molecule has 12 heteroatoms. The van der Waals surface area contributed by atoms with Gasteiger partial charge in [-0.1, -0.05) is 6.42 Å². The standard InChI is InChI=1S/C24H33N3O7S2/c1-18(2)34-21-11-9-20(10-12-21)27(35(4,29)30)17-24(28)25-19-8-13-22(33-3)23(16-19)36(31,32)26-14-6-5-7-15-26/h8-13,16,18H,5-7,14-15,17H2,1-4H3,(H,25,28). The highest BCUT2D eigenvalue weighted by Crippen LogP contribution is 2.31. The van der Waals surface area contributed by atoms with E-state index in [1.807, 2.05) is 13.8 Å². The zero-order valence-electron chi connectivity index (χ0n) is 20.9. The van der Waals surface area contributed by atoms with E-state index in [4.69, 9.17) is 9.47 Å². The Kier molecular flexibility index (Phi) is 8.85. The van der Waals surface area contributed by atoms with Crippen molar-refractivity contribution in [2.24, 2.45) is 0 Å². The second-order valence-electron chi connectivity index (χ2n) is 8.81. The third kappa shape index (κ3) is 6.89. The summed E-state index contributed by atoms with van der Waals surface area (Å²) in [6.45, 7) is 4.11. The number of anilines is 2. The number of nitrogens with zero attached hydrogens (tertiary/aromatic N) is 2. The summed E-state index contributed by atoms with van der Waals surface area (Å²) in [5, 5.41) is 2.61. The molecule has 1 fully saturated rings. The smallest absolute Gasteiger partial charge is 0.246 e. The van der Waals surface area contributed by atoms with Crippen molar-refractivity contribution in [2.45, 2.75) is 44.1 Å². The predicted molar refractivity (Wildman–Crippen MR) is 139 cm³/mol. The molecule has 10 nitrogen and oxygen atoms in total. The van der Waals surface area contributed by atoms with Gasteiger partial charge in [0.05, 0.1) is 25.2 Å². The molecule has 0 atom stereocenters. The molecular weight excluding hydrogens is 506 g/mol. The fourth-order valence-electron chi connectivity index (χ4n) is 3.89. The van der Waals surface area contributed by atoms with Gasteiger partial charge < -0.3 is 14.8 Å².